The van der Waals surface area contributed by atoms with Crippen molar-refractivity contribution in [3.05, 3.63) is 32.3 Å². The number of aliphatic hydroxyl groups is 2. The Hall–Kier alpha value is -1.08. The van der Waals surface area contributed by atoms with Gasteiger partial charge in [0.2, 0.25) is 0 Å². The fraction of sp³-hybridized carbons (Fsp3) is 0.455. The lowest BCUT2D eigenvalue weighted by atomic mass is 9.98. The van der Waals surface area contributed by atoms with Crippen molar-refractivity contribution < 1.29 is 15.1 Å². The van der Waals surface area contributed by atoms with Gasteiger partial charge in [0.15, 0.2) is 0 Å². The van der Waals surface area contributed by atoms with Crippen molar-refractivity contribution in [3.8, 4) is 0 Å². The third kappa shape index (κ3) is 3.48. The van der Waals surface area contributed by atoms with Crippen LogP contribution in [0.4, 0.5) is 11.4 Å². The topological polar surface area (TPSA) is 95.6 Å². The summed E-state index contributed by atoms with van der Waals surface area (Å²) in [4.78, 5) is 10.4. The number of benzene rings is 1. The number of nitrogens with zero attached hydrogens (tertiary/aromatic N) is 1. The summed E-state index contributed by atoms with van der Waals surface area (Å²) in [6.45, 7) is 0.984. The average Bonchev–Trinajstić information content (AvgIpc) is 2.39. The number of anilines is 1. The smallest absolute Gasteiger partial charge is 0.293 e. The molecule has 1 aromatic rings. The van der Waals surface area contributed by atoms with Gasteiger partial charge in [0.1, 0.15) is 5.69 Å². The Morgan fingerprint density at radius 2 is 1.84 bits per heavy atom. The molecule has 0 aliphatic heterocycles. The van der Waals surface area contributed by atoms with Crippen LogP contribution in [0, 0.1) is 10.1 Å². The summed E-state index contributed by atoms with van der Waals surface area (Å²) in [5.41, 5.74) is -1.22. The lowest BCUT2D eigenvalue weighted by Crippen LogP contribution is -2.45. The van der Waals surface area contributed by atoms with Gasteiger partial charge in [-0.1, -0.05) is 30.1 Å². The van der Waals surface area contributed by atoms with E-state index < -0.39 is 10.5 Å². The molecule has 0 unspecified atom stereocenters. The third-order valence-electron chi connectivity index (χ3n) is 2.92. The summed E-state index contributed by atoms with van der Waals surface area (Å²) in [5, 5.41) is 32.6. The van der Waals surface area contributed by atoms with E-state index >= 15 is 0 Å². The van der Waals surface area contributed by atoms with Crippen molar-refractivity contribution >= 4 is 34.6 Å². The minimum atomic E-state index is -1.05. The van der Waals surface area contributed by atoms with E-state index in [1.165, 1.54) is 6.07 Å². The lowest BCUT2D eigenvalue weighted by Gasteiger charge is -2.30. The van der Waals surface area contributed by atoms with Gasteiger partial charge in [-0.2, -0.15) is 0 Å². The standard InChI is InChI=1S/C11H14Cl2N2O4/c1-2-11(5-16,6-17)14-9-3-7(12)8(13)4-10(9)15(18)19/h3-4,14,16-17H,2,5-6H2,1H3. The van der Waals surface area contributed by atoms with E-state index in [1.807, 2.05) is 0 Å². The summed E-state index contributed by atoms with van der Waals surface area (Å²) in [5.74, 6) is 0. The van der Waals surface area contributed by atoms with Crippen LogP contribution in [0.15, 0.2) is 12.1 Å². The van der Waals surface area contributed by atoms with Crippen LogP contribution in [0.1, 0.15) is 13.3 Å². The van der Waals surface area contributed by atoms with Gasteiger partial charge in [-0.05, 0) is 12.5 Å². The second kappa shape index (κ2) is 6.38. The molecule has 0 fully saturated rings. The van der Waals surface area contributed by atoms with Crippen molar-refractivity contribution in [3.63, 3.8) is 0 Å². The number of hydrogen-bond acceptors (Lipinski definition) is 5. The molecule has 0 aliphatic carbocycles. The highest BCUT2D eigenvalue weighted by Crippen LogP contribution is 2.35. The molecule has 0 saturated carbocycles. The summed E-state index contributed by atoms with van der Waals surface area (Å²) in [6.07, 6.45) is 0.372. The fourth-order valence-corrected chi connectivity index (χ4v) is 1.84. The highest BCUT2D eigenvalue weighted by molar-refractivity contribution is 6.42. The average molecular weight is 309 g/mol. The Morgan fingerprint density at radius 3 is 2.26 bits per heavy atom. The molecule has 0 heterocycles. The lowest BCUT2D eigenvalue weighted by molar-refractivity contribution is -0.384. The van der Waals surface area contributed by atoms with Gasteiger partial charge < -0.3 is 15.5 Å². The van der Waals surface area contributed by atoms with Crippen LogP contribution in [0.3, 0.4) is 0 Å². The van der Waals surface area contributed by atoms with E-state index in [0.717, 1.165) is 6.07 Å². The molecule has 1 rings (SSSR count). The summed E-state index contributed by atoms with van der Waals surface area (Å²) < 4.78 is 0. The van der Waals surface area contributed by atoms with Crippen molar-refractivity contribution in [2.24, 2.45) is 0 Å². The number of rotatable bonds is 6. The molecule has 0 aliphatic rings. The fourth-order valence-electron chi connectivity index (χ4n) is 1.51. The van der Waals surface area contributed by atoms with Crippen LogP contribution in [0.5, 0.6) is 0 Å². The van der Waals surface area contributed by atoms with E-state index in [2.05, 4.69) is 5.32 Å². The SMILES string of the molecule is CCC(CO)(CO)Nc1cc(Cl)c(Cl)cc1[N+](=O)[O-]. The Labute approximate surface area is 120 Å². The zero-order valence-corrected chi connectivity index (χ0v) is 11.7. The first-order valence-electron chi connectivity index (χ1n) is 5.52. The molecule has 0 atom stereocenters. The van der Waals surface area contributed by atoms with Gasteiger partial charge in [0.05, 0.1) is 33.7 Å². The highest BCUT2D eigenvalue weighted by Gasteiger charge is 2.29. The molecular formula is C11H14Cl2N2O4. The Bertz CT molecular complexity index is 470. The summed E-state index contributed by atoms with van der Waals surface area (Å²) in [7, 11) is 0. The number of hydrogen-bond donors (Lipinski definition) is 3. The van der Waals surface area contributed by atoms with Gasteiger partial charge in [-0.25, -0.2) is 0 Å². The summed E-state index contributed by atoms with van der Waals surface area (Å²) in [6, 6.07) is 2.43. The first kappa shape index (κ1) is 16.0. The molecule has 0 amide bonds. The predicted molar refractivity (Wildman–Crippen MR) is 73.9 cm³/mol. The van der Waals surface area contributed by atoms with E-state index in [0.29, 0.717) is 6.42 Å². The maximum atomic E-state index is 11.0. The Balaban J connectivity index is 3.26. The second-order valence-electron chi connectivity index (χ2n) is 4.12. The van der Waals surface area contributed by atoms with Crippen molar-refractivity contribution in [1.29, 1.82) is 0 Å². The number of nitrogens with one attached hydrogen (secondary N) is 1. The van der Waals surface area contributed by atoms with Gasteiger partial charge in [0.25, 0.3) is 5.69 Å². The van der Waals surface area contributed by atoms with Gasteiger partial charge in [0, 0.05) is 6.07 Å². The Kier molecular flexibility index (Phi) is 5.37. The molecule has 0 aromatic heterocycles. The third-order valence-corrected chi connectivity index (χ3v) is 3.64. The number of nitro benzene ring substituents is 1. The quantitative estimate of drug-likeness (QED) is 0.554. The predicted octanol–water partition coefficient (Wildman–Crippen LogP) is 2.45. The van der Waals surface area contributed by atoms with Crippen molar-refractivity contribution in [2.75, 3.05) is 18.5 Å². The van der Waals surface area contributed by atoms with Crippen LogP contribution >= 0.6 is 23.2 Å². The van der Waals surface area contributed by atoms with Gasteiger partial charge >= 0.3 is 0 Å². The van der Waals surface area contributed by atoms with Gasteiger partial charge in [-0.3, -0.25) is 10.1 Å². The molecule has 19 heavy (non-hydrogen) atoms. The first-order valence-corrected chi connectivity index (χ1v) is 6.28. The molecule has 6 nitrogen and oxygen atoms in total. The van der Waals surface area contributed by atoms with Crippen LogP contribution in [0.25, 0.3) is 0 Å². The van der Waals surface area contributed by atoms with Crippen LogP contribution < -0.4 is 5.32 Å². The minimum Gasteiger partial charge on any atom is -0.394 e. The van der Waals surface area contributed by atoms with E-state index in [9.17, 15) is 20.3 Å². The number of aliphatic hydroxyl groups excluding tert-OH is 2. The molecule has 0 bridgehead atoms. The molecule has 3 N–H and O–H groups in total. The minimum absolute atomic E-state index is 0.0639. The van der Waals surface area contributed by atoms with Crippen LogP contribution in [-0.4, -0.2) is 33.9 Å². The Morgan fingerprint density at radius 1 is 1.32 bits per heavy atom. The van der Waals surface area contributed by atoms with E-state index in [4.69, 9.17) is 23.2 Å². The van der Waals surface area contributed by atoms with Crippen LogP contribution in [0.2, 0.25) is 10.0 Å². The van der Waals surface area contributed by atoms with Gasteiger partial charge in [-0.15, -0.1) is 0 Å². The van der Waals surface area contributed by atoms with Crippen LogP contribution in [-0.2, 0) is 0 Å². The van der Waals surface area contributed by atoms with E-state index in [-0.39, 0.29) is 34.6 Å². The molecule has 8 heteroatoms. The molecule has 0 spiro atoms. The molecule has 0 radical (unpaired) electrons. The van der Waals surface area contributed by atoms with Crippen molar-refractivity contribution in [1.82, 2.24) is 0 Å². The zero-order valence-electron chi connectivity index (χ0n) is 10.2. The molecule has 106 valence electrons. The molecular weight excluding hydrogens is 295 g/mol. The normalized spacial score (nSPS) is 11.4. The first-order chi connectivity index (χ1) is 8.89. The number of halogens is 2. The number of nitro groups is 1. The summed E-state index contributed by atoms with van der Waals surface area (Å²) >= 11 is 11.6. The zero-order chi connectivity index (χ0) is 14.6. The highest BCUT2D eigenvalue weighted by atomic mass is 35.5. The molecule has 1 aromatic carbocycles. The van der Waals surface area contributed by atoms with Crippen molar-refractivity contribution in [2.45, 2.75) is 18.9 Å². The maximum Gasteiger partial charge on any atom is 0.293 e. The monoisotopic (exact) mass is 308 g/mol. The maximum absolute atomic E-state index is 11.0. The second-order valence-corrected chi connectivity index (χ2v) is 4.93. The largest absolute Gasteiger partial charge is 0.394 e. The molecule has 0 saturated heterocycles. The van der Waals surface area contributed by atoms with E-state index in [1.54, 1.807) is 6.92 Å².